The average molecular weight is 392 g/mol. The van der Waals surface area contributed by atoms with Crippen molar-refractivity contribution >= 4 is 21.6 Å². The number of anilines is 1. The Hall–Kier alpha value is -2.58. The first-order valence-corrected chi connectivity index (χ1v) is 9.98. The summed E-state index contributed by atoms with van der Waals surface area (Å²) in [5.41, 5.74) is 1.41. The molecule has 2 aromatic carbocycles. The number of ether oxygens (including phenoxy) is 2. The second-order valence-electron chi connectivity index (χ2n) is 5.76. The van der Waals surface area contributed by atoms with Gasteiger partial charge in [0.1, 0.15) is 11.5 Å². The van der Waals surface area contributed by atoms with E-state index in [2.05, 4.69) is 10.0 Å². The highest BCUT2D eigenvalue weighted by Gasteiger charge is 2.13. The van der Waals surface area contributed by atoms with Crippen molar-refractivity contribution in [1.82, 2.24) is 4.72 Å². The number of aryl methyl sites for hydroxylation is 1. The summed E-state index contributed by atoms with van der Waals surface area (Å²) in [6.45, 7) is 2.06. The third kappa shape index (κ3) is 5.70. The second kappa shape index (κ2) is 9.38. The molecule has 0 unspecified atom stereocenters. The summed E-state index contributed by atoms with van der Waals surface area (Å²) in [5.74, 6) is 0.983. The summed E-state index contributed by atoms with van der Waals surface area (Å²) >= 11 is 0. The number of rotatable bonds is 9. The van der Waals surface area contributed by atoms with Crippen LogP contribution in [0.15, 0.2) is 47.4 Å². The molecular weight excluding hydrogens is 368 g/mol. The standard InChI is InChI=1S/C19H24N2O5S/c1-4-20-27(23,24)16-9-5-14(6-10-16)7-12-19(22)21-17-13-15(25-2)8-11-18(17)26-3/h5-6,8-11,13,20H,4,7,12H2,1-3H3,(H,21,22). The van der Waals surface area contributed by atoms with Crippen LogP contribution in [0.4, 0.5) is 5.69 Å². The summed E-state index contributed by atoms with van der Waals surface area (Å²) in [6.07, 6.45) is 0.735. The molecule has 1 amide bonds. The van der Waals surface area contributed by atoms with Crippen molar-refractivity contribution in [2.75, 3.05) is 26.1 Å². The highest BCUT2D eigenvalue weighted by Crippen LogP contribution is 2.29. The molecule has 2 N–H and O–H groups in total. The van der Waals surface area contributed by atoms with E-state index in [4.69, 9.17) is 9.47 Å². The van der Waals surface area contributed by atoms with Crippen molar-refractivity contribution in [3.05, 3.63) is 48.0 Å². The maximum atomic E-state index is 12.3. The molecule has 27 heavy (non-hydrogen) atoms. The molecule has 7 nitrogen and oxygen atoms in total. The summed E-state index contributed by atoms with van der Waals surface area (Å²) in [6, 6.07) is 11.7. The van der Waals surface area contributed by atoms with E-state index in [1.54, 1.807) is 44.4 Å². The summed E-state index contributed by atoms with van der Waals surface area (Å²) in [4.78, 5) is 12.5. The van der Waals surface area contributed by atoms with Crippen LogP contribution in [-0.4, -0.2) is 35.1 Å². The molecule has 146 valence electrons. The third-order valence-electron chi connectivity index (χ3n) is 3.89. The minimum Gasteiger partial charge on any atom is -0.497 e. The second-order valence-corrected chi connectivity index (χ2v) is 7.53. The maximum absolute atomic E-state index is 12.3. The lowest BCUT2D eigenvalue weighted by molar-refractivity contribution is -0.116. The fraction of sp³-hybridized carbons (Fsp3) is 0.316. The van der Waals surface area contributed by atoms with Crippen molar-refractivity contribution in [2.45, 2.75) is 24.7 Å². The van der Waals surface area contributed by atoms with Gasteiger partial charge in [0.2, 0.25) is 15.9 Å². The fourth-order valence-corrected chi connectivity index (χ4v) is 3.53. The van der Waals surface area contributed by atoms with Gasteiger partial charge in [0.25, 0.3) is 0 Å². The molecule has 0 spiro atoms. The Morgan fingerprint density at radius 3 is 2.33 bits per heavy atom. The molecule has 0 aromatic heterocycles. The molecule has 0 atom stereocenters. The van der Waals surface area contributed by atoms with Gasteiger partial charge >= 0.3 is 0 Å². The number of carbonyl (C=O) groups is 1. The van der Waals surface area contributed by atoms with Crippen LogP contribution < -0.4 is 19.5 Å². The van der Waals surface area contributed by atoms with Crippen molar-refractivity contribution in [1.29, 1.82) is 0 Å². The molecule has 0 aliphatic carbocycles. The Labute approximate surface area is 159 Å². The van der Waals surface area contributed by atoms with E-state index in [0.29, 0.717) is 30.2 Å². The molecule has 0 aliphatic heterocycles. The highest BCUT2D eigenvalue weighted by molar-refractivity contribution is 7.89. The predicted octanol–water partition coefficient (Wildman–Crippen LogP) is 2.57. The third-order valence-corrected chi connectivity index (χ3v) is 5.45. The van der Waals surface area contributed by atoms with E-state index in [9.17, 15) is 13.2 Å². The highest BCUT2D eigenvalue weighted by atomic mass is 32.2. The van der Waals surface area contributed by atoms with Gasteiger partial charge in [-0.2, -0.15) is 0 Å². The number of carbonyl (C=O) groups excluding carboxylic acids is 1. The van der Waals surface area contributed by atoms with Crippen molar-refractivity contribution in [3.8, 4) is 11.5 Å². The number of methoxy groups -OCH3 is 2. The lowest BCUT2D eigenvalue weighted by atomic mass is 10.1. The molecule has 0 aliphatic rings. The largest absolute Gasteiger partial charge is 0.497 e. The van der Waals surface area contributed by atoms with Crippen LogP contribution >= 0.6 is 0 Å². The van der Waals surface area contributed by atoms with E-state index in [1.807, 2.05) is 0 Å². The van der Waals surface area contributed by atoms with Crippen LogP contribution in [0.3, 0.4) is 0 Å². The zero-order chi connectivity index (χ0) is 19.9. The van der Waals surface area contributed by atoms with Gasteiger partial charge in [-0.3, -0.25) is 4.79 Å². The minimum absolute atomic E-state index is 0.175. The lowest BCUT2D eigenvalue weighted by Crippen LogP contribution is -2.23. The summed E-state index contributed by atoms with van der Waals surface area (Å²) < 4.78 is 36.7. The number of hydrogen-bond acceptors (Lipinski definition) is 5. The predicted molar refractivity (Wildman–Crippen MR) is 104 cm³/mol. The monoisotopic (exact) mass is 392 g/mol. The number of nitrogens with one attached hydrogen (secondary N) is 2. The first-order valence-electron chi connectivity index (χ1n) is 8.50. The lowest BCUT2D eigenvalue weighted by Gasteiger charge is -2.12. The van der Waals surface area contributed by atoms with Crippen LogP contribution in [-0.2, 0) is 21.2 Å². The van der Waals surface area contributed by atoms with Gasteiger partial charge in [0.15, 0.2) is 0 Å². The molecule has 0 heterocycles. The van der Waals surface area contributed by atoms with Crippen LogP contribution in [0, 0.1) is 0 Å². The Balaban J connectivity index is 1.98. The van der Waals surface area contributed by atoms with E-state index in [1.165, 1.54) is 19.2 Å². The minimum atomic E-state index is -3.47. The van der Waals surface area contributed by atoms with E-state index in [-0.39, 0.29) is 17.2 Å². The molecule has 0 bridgehead atoms. The van der Waals surface area contributed by atoms with Crippen LogP contribution in [0.5, 0.6) is 11.5 Å². The first kappa shape index (κ1) is 20.7. The van der Waals surface area contributed by atoms with E-state index < -0.39 is 10.0 Å². The molecule has 2 rings (SSSR count). The smallest absolute Gasteiger partial charge is 0.240 e. The zero-order valence-corrected chi connectivity index (χ0v) is 16.4. The molecule has 2 aromatic rings. The first-order chi connectivity index (χ1) is 12.9. The van der Waals surface area contributed by atoms with Crippen LogP contribution in [0.2, 0.25) is 0 Å². The quantitative estimate of drug-likeness (QED) is 0.684. The average Bonchev–Trinajstić information content (AvgIpc) is 2.66. The van der Waals surface area contributed by atoms with Crippen LogP contribution in [0.25, 0.3) is 0 Å². The van der Waals surface area contributed by atoms with Crippen LogP contribution in [0.1, 0.15) is 18.9 Å². The Bertz CT molecular complexity index is 879. The SMILES string of the molecule is CCNS(=O)(=O)c1ccc(CCC(=O)Nc2cc(OC)ccc2OC)cc1. The van der Waals surface area contributed by atoms with Gasteiger partial charge < -0.3 is 14.8 Å². The topological polar surface area (TPSA) is 93.7 Å². The summed E-state index contributed by atoms with van der Waals surface area (Å²) in [7, 11) is -0.391. The fourth-order valence-electron chi connectivity index (χ4n) is 2.49. The van der Waals surface area contributed by atoms with Gasteiger partial charge in [0, 0.05) is 19.0 Å². The van der Waals surface area contributed by atoms with Gasteiger partial charge in [-0.15, -0.1) is 0 Å². The number of benzene rings is 2. The molecule has 0 fully saturated rings. The number of amides is 1. The van der Waals surface area contributed by atoms with Crippen molar-refractivity contribution in [3.63, 3.8) is 0 Å². The number of hydrogen-bond donors (Lipinski definition) is 2. The van der Waals surface area contributed by atoms with Gasteiger partial charge in [-0.25, -0.2) is 13.1 Å². The Morgan fingerprint density at radius 2 is 1.74 bits per heavy atom. The molecule has 8 heteroatoms. The van der Waals surface area contributed by atoms with E-state index >= 15 is 0 Å². The number of sulfonamides is 1. The molecular formula is C19H24N2O5S. The molecule has 0 radical (unpaired) electrons. The van der Waals surface area contributed by atoms with Crippen molar-refractivity contribution < 1.29 is 22.7 Å². The normalized spacial score (nSPS) is 11.1. The van der Waals surface area contributed by atoms with E-state index in [0.717, 1.165) is 5.56 Å². The summed E-state index contributed by atoms with van der Waals surface area (Å²) in [5, 5.41) is 2.81. The zero-order valence-electron chi connectivity index (χ0n) is 15.6. The van der Waals surface area contributed by atoms with Gasteiger partial charge in [-0.1, -0.05) is 19.1 Å². The maximum Gasteiger partial charge on any atom is 0.240 e. The molecule has 0 saturated heterocycles. The van der Waals surface area contributed by atoms with Gasteiger partial charge in [0.05, 0.1) is 24.8 Å². The Kier molecular flexibility index (Phi) is 7.20. The Morgan fingerprint density at radius 1 is 1.04 bits per heavy atom. The van der Waals surface area contributed by atoms with Crippen molar-refractivity contribution in [2.24, 2.45) is 0 Å². The molecule has 0 saturated carbocycles. The van der Waals surface area contributed by atoms with Gasteiger partial charge in [-0.05, 0) is 36.2 Å².